The number of nitrogens with zero attached hydrogens (tertiary/aromatic N) is 4. The van der Waals surface area contributed by atoms with Gasteiger partial charge in [0.05, 0.1) is 30.8 Å². The maximum atomic E-state index is 13.6. The van der Waals surface area contributed by atoms with Crippen molar-refractivity contribution in [3.05, 3.63) is 42.1 Å². The Kier molecular flexibility index (Phi) is 3.94. The van der Waals surface area contributed by atoms with Gasteiger partial charge in [0.2, 0.25) is 0 Å². The van der Waals surface area contributed by atoms with Crippen LogP contribution in [0, 0.1) is 17.1 Å². The van der Waals surface area contributed by atoms with Crippen LogP contribution in [0.5, 0.6) is 11.5 Å². The van der Waals surface area contributed by atoms with Crippen LogP contribution in [-0.4, -0.2) is 32.4 Å². The molecule has 0 aliphatic rings. The maximum Gasteiger partial charge on any atom is 0.165 e. The number of nitriles is 1. The summed E-state index contributed by atoms with van der Waals surface area (Å²) < 4.78 is 18.7. The second-order valence-corrected chi connectivity index (χ2v) is 4.66. The number of rotatable bonds is 4. The summed E-state index contributed by atoms with van der Waals surface area (Å²) in [5.41, 5.74) is 0.703. The SMILES string of the molecule is COc1ccc(F)c(O)c1-c1cc(Nc2cnc(C#N)cn2)n[nH]1. The first-order chi connectivity index (χ1) is 11.6. The first kappa shape index (κ1) is 15.2. The smallest absolute Gasteiger partial charge is 0.165 e. The van der Waals surface area contributed by atoms with Gasteiger partial charge < -0.3 is 15.2 Å². The Morgan fingerprint density at radius 2 is 2.12 bits per heavy atom. The summed E-state index contributed by atoms with van der Waals surface area (Å²) in [5, 5.41) is 28.2. The van der Waals surface area contributed by atoms with Crippen LogP contribution in [0.15, 0.2) is 30.6 Å². The summed E-state index contributed by atoms with van der Waals surface area (Å²) in [7, 11) is 1.41. The zero-order valence-corrected chi connectivity index (χ0v) is 12.4. The van der Waals surface area contributed by atoms with Gasteiger partial charge in [-0.1, -0.05) is 0 Å². The molecule has 1 aromatic carbocycles. The van der Waals surface area contributed by atoms with Crippen molar-refractivity contribution in [3.8, 4) is 28.8 Å². The van der Waals surface area contributed by atoms with Crippen LogP contribution >= 0.6 is 0 Å². The molecule has 0 aliphatic heterocycles. The fourth-order valence-electron chi connectivity index (χ4n) is 2.07. The fraction of sp³-hybridized carbons (Fsp3) is 0.0667. The van der Waals surface area contributed by atoms with E-state index in [-0.39, 0.29) is 11.3 Å². The van der Waals surface area contributed by atoms with Crippen LogP contribution in [0.1, 0.15) is 5.69 Å². The summed E-state index contributed by atoms with van der Waals surface area (Å²) in [6, 6.07) is 5.94. The van der Waals surface area contributed by atoms with Crippen molar-refractivity contribution >= 4 is 11.6 Å². The van der Waals surface area contributed by atoms with E-state index in [1.807, 2.05) is 6.07 Å². The molecule has 0 saturated carbocycles. The summed E-state index contributed by atoms with van der Waals surface area (Å²) in [4.78, 5) is 7.89. The predicted octanol–water partition coefficient (Wildman–Crippen LogP) is 2.34. The molecular formula is C15H11FN6O2. The molecule has 9 heteroatoms. The standard InChI is InChI=1S/C15H11FN6O2/c1-24-11-3-2-9(16)15(23)14(11)10-4-12(22-21-10)20-13-7-18-8(5-17)6-19-13/h2-4,6-7,23H,1H3,(H2,19,20,21,22). The highest BCUT2D eigenvalue weighted by Crippen LogP contribution is 2.39. The zero-order chi connectivity index (χ0) is 17.1. The molecule has 0 atom stereocenters. The Labute approximate surface area is 135 Å². The number of benzene rings is 1. The summed E-state index contributed by atoms with van der Waals surface area (Å²) in [6.07, 6.45) is 2.70. The van der Waals surface area contributed by atoms with Gasteiger partial charge in [0.25, 0.3) is 0 Å². The fourth-order valence-corrected chi connectivity index (χ4v) is 2.07. The Hall–Kier alpha value is -3.67. The average Bonchev–Trinajstić information content (AvgIpc) is 3.05. The Morgan fingerprint density at radius 3 is 2.79 bits per heavy atom. The molecular weight excluding hydrogens is 315 g/mol. The normalized spacial score (nSPS) is 10.2. The quantitative estimate of drug-likeness (QED) is 0.673. The first-order valence-electron chi connectivity index (χ1n) is 6.72. The number of phenolic OH excluding ortho intramolecular Hbond substituents is 1. The highest BCUT2D eigenvalue weighted by molar-refractivity contribution is 5.76. The molecule has 0 radical (unpaired) electrons. The van der Waals surface area contributed by atoms with E-state index in [0.717, 1.165) is 6.07 Å². The topological polar surface area (TPSA) is 120 Å². The number of aromatic nitrogens is 4. The summed E-state index contributed by atoms with van der Waals surface area (Å²) in [5.74, 6) is -0.268. The molecule has 3 N–H and O–H groups in total. The van der Waals surface area contributed by atoms with Crippen molar-refractivity contribution in [2.24, 2.45) is 0 Å². The molecule has 0 unspecified atom stereocenters. The Morgan fingerprint density at radius 1 is 1.29 bits per heavy atom. The number of ether oxygens (including phenoxy) is 1. The van der Waals surface area contributed by atoms with Crippen molar-refractivity contribution in [3.63, 3.8) is 0 Å². The number of hydrogen-bond donors (Lipinski definition) is 3. The minimum absolute atomic E-state index is 0.156. The minimum Gasteiger partial charge on any atom is -0.504 e. The number of aromatic hydroxyl groups is 1. The summed E-state index contributed by atoms with van der Waals surface area (Å²) >= 11 is 0. The van der Waals surface area contributed by atoms with Gasteiger partial charge in [0, 0.05) is 6.07 Å². The van der Waals surface area contributed by atoms with E-state index in [9.17, 15) is 9.50 Å². The van der Waals surface area contributed by atoms with Crippen molar-refractivity contribution < 1.29 is 14.2 Å². The highest BCUT2D eigenvalue weighted by Gasteiger charge is 2.17. The van der Waals surface area contributed by atoms with Gasteiger partial charge in [-0.25, -0.2) is 14.4 Å². The lowest BCUT2D eigenvalue weighted by atomic mass is 10.1. The first-order valence-corrected chi connectivity index (χ1v) is 6.72. The van der Waals surface area contributed by atoms with Gasteiger partial charge in [-0.2, -0.15) is 10.4 Å². The predicted molar refractivity (Wildman–Crippen MR) is 82.2 cm³/mol. The van der Waals surface area contributed by atoms with Crippen molar-refractivity contribution in [1.82, 2.24) is 20.2 Å². The second-order valence-electron chi connectivity index (χ2n) is 4.66. The average molecular weight is 326 g/mol. The Bertz CT molecular complexity index is 917. The monoisotopic (exact) mass is 326 g/mol. The van der Waals surface area contributed by atoms with E-state index in [1.54, 1.807) is 6.07 Å². The molecule has 0 spiro atoms. The van der Waals surface area contributed by atoms with E-state index >= 15 is 0 Å². The third-order valence-corrected chi connectivity index (χ3v) is 3.18. The van der Waals surface area contributed by atoms with E-state index in [4.69, 9.17) is 10.00 Å². The van der Waals surface area contributed by atoms with Crippen LogP contribution in [-0.2, 0) is 0 Å². The molecule has 0 amide bonds. The van der Waals surface area contributed by atoms with Gasteiger partial charge in [-0.3, -0.25) is 5.10 Å². The number of hydrogen-bond acceptors (Lipinski definition) is 7. The van der Waals surface area contributed by atoms with Crippen molar-refractivity contribution in [1.29, 1.82) is 5.26 Å². The third kappa shape index (κ3) is 2.80. The van der Waals surface area contributed by atoms with Gasteiger partial charge in [-0.05, 0) is 12.1 Å². The molecule has 2 heterocycles. The molecule has 0 bridgehead atoms. The van der Waals surface area contributed by atoms with Crippen LogP contribution < -0.4 is 10.1 Å². The number of halogens is 1. The van der Waals surface area contributed by atoms with Crippen LogP contribution in [0.25, 0.3) is 11.3 Å². The van der Waals surface area contributed by atoms with Crippen molar-refractivity contribution in [2.75, 3.05) is 12.4 Å². The number of phenols is 1. The molecule has 3 aromatic rings. The van der Waals surface area contributed by atoms with E-state index < -0.39 is 11.6 Å². The number of aromatic amines is 1. The van der Waals surface area contributed by atoms with Gasteiger partial charge in [0.15, 0.2) is 23.1 Å². The van der Waals surface area contributed by atoms with E-state index in [1.165, 1.54) is 25.6 Å². The summed E-state index contributed by atoms with van der Waals surface area (Å²) in [6.45, 7) is 0. The number of H-pyrrole nitrogens is 1. The van der Waals surface area contributed by atoms with Gasteiger partial charge >= 0.3 is 0 Å². The molecule has 24 heavy (non-hydrogen) atoms. The van der Waals surface area contributed by atoms with Crippen molar-refractivity contribution in [2.45, 2.75) is 0 Å². The molecule has 3 rings (SSSR count). The lowest BCUT2D eigenvalue weighted by Crippen LogP contribution is -1.95. The van der Waals surface area contributed by atoms with E-state index in [2.05, 4.69) is 25.5 Å². The largest absolute Gasteiger partial charge is 0.504 e. The van der Waals surface area contributed by atoms with Gasteiger partial charge in [-0.15, -0.1) is 0 Å². The van der Waals surface area contributed by atoms with Crippen LogP contribution in [0.4, 0.5) is 16.0 Å². The van der Waals surface area contributed by atoms with E-state index in [0.29, 0.717) is 23.1 Å². The lowest BCUT2D eigenvalue weighted by molar-refractivity contribution is 0.400. The van der Waals surface area contributed by atoms with Gasteiger partial charge in [0.1, 0.15) is 17.6 Å². The second kappa shape index (κ2) is 6.21. The zero-order valence-electron chi connectivity index (χ0n) is 12.4. The minimum atomic E-state index is -0.770. The molecule has 2 aromatic heterocycles. The number of nitrogens with one attached hydrogen (secondary N) is 2. The molecule has 0 aliphatic carbocycles. The Balaban J connectivity index is 1.91. The number of anilines is 2. The highest BCUT2D eigenvalue weighted by atomic mass is 19.1. The molecule has 0 fully saturated rings. The maximum absolute atomic E-state index is 13.6. The molecule has 0 saturated heterocycles. The molecule has 8 nitrogen and oxygen atoms in total. The van der Waals surface area contributed by atoms with Crippen LogP contribution in [0.3, 0.4) is 0 Å². The number of methoxy groups -OCH3 is 1. The third-order valence-electron chi connectivity index (χ3n) is 3.18. The lowest BCUT2D eigenvalue weighted by Gasteiger charge is -2.09. The molecule has 120 valence electrons. The van der Waals surface area contributed by atoms with Crippen LogP contribution in [0.2, 0.25) is 0 Å².